The summed E-state index contributed by atoms with van der Waals surface area (Å²) in [6.45, 7) is 0. The molecule has 0 unspecified atom stereocenters. The van der Waals surface area contributed by atoms with Gasteiger partial charge in [-0.15, -0.1) is 0 Å². The average Bonchev–Trinajstić information content (AvgIpc) is 2.60. The van der Waals surface area contributed by atoms with Crippen LogP contribution in [0.3, 0.4) is 0 Å². The fourth-order valence-electron chi connectivity index (χ4n) is 4.75. The number of H-pyrrole nitrogens is 1. The molecule has 4 aliphatic rings. The van der Waals surface area contributed by atoms with Crippen molar-refractivity contribution in [2.24, 2.45) is 17.8 Å². The number of nitrogens with one attached hydrogen (secondary N) is 1. The Balaban J connectivity index is 1.60. The Morgan fingerprint density at radius 3 is 2.24 bits per heavy atom. The van der Waals surface area contributed by atoms with Crippen LogP contribution in [-0.4, -0.2) is 14.9 Å². The molecule has 4 aliphatic carbocycles. The van der Waals surface area contributed by atoms with Crippen molar-refractivity contribution in [1.82, 2.24) is 10.2 Å². The first-order chi connectivity index (χ1) is 8.21. The summed E-state index contributed by atoms with van der Waals surface area (Å²) < 4.78 is 0.496. The number of anilines is 1. The predicted octanol–water partition coefficient (Wildman–Crippen LogP) is 3.05. The van der Waals surface area contributed by atoms with Crippen LogP contribution in [-0.2, 0) is 0 Å². The van der Waals surface area contributed by atoms with Gasteiger partial charge in [0.2, 0.25) is 0 Å². The first kappa shape index (κ1) is 10.3. The van der Waals surface area contributed by atoms with Gasteiger partial charge in [0.1, 0.15) is 10.8 Å². The van der Waals surface area contributed by atoms with E-state index in [1.807, 2.05) is 17.8 Å². The van der Waals surface area contributed by atoms with Gasteiger partial charge in [0.25, 0.3) is 0 Å². The van der Waals surface area contributed by atoms with Gasteiger partial charge < -0.3 is 5.73 Å². The van der Waals surface area contributed by atoms with E-state index in [0.29, 0.717) is 10.6 Å². The minimum absolute atomic E-state index is 0.496. The van der Waals surface area contributed by atoms with E-state index < -0.39 is 0 Å². The molecule has 17 heavy (non-hydrogen) atoms. The molecule has 0 atom stereocenters. The molecule has 4 bridgehead atoms. The Bertz CT molecular complexity index is 404. The predicted molar refractivity (Wildman–Crippen MR) is 69.8 cm³/mol. The van der Waals surface area contributed by atoms with Crippen LogP contribution in [0.15, 0.2) is 11.1 Å². The van der Waals surface area contributed by atoms with Crippen LogP contribution in [0.5, 0.6) is 0 Å². The molecule has 3 N–H and O–H groups in total. The van der Waals surface area contributed by atoms with Gasteiger partial charge >= 0.3 is 0 Å². The van der Waals surface area contributed by atoms with E-state index in [9.17, 15) is 0 Å². The minimum Gasteiger partial charge on any atom is -0.384 e. The van der Waals surface area contributed by atoms with Gasteiger partial charge in [0.15, 0.2) is 0 Å². The van der Waals surface area contributed by atoms with Crippen molar-refractivity contribution in [2.75, 3.05) is 5.73 Å². The maximum Gasteiger partial charge on any atom is 0.121 e. The van der Waals surface area contributed by atoms with Crippen LogP contribution < -0.4 is 5.73 Å². The quantitative estimate of drug-likeness (QED) is 0.847. The maximum atomic E-state index is 5.71. The lowest BCUT2D eigenvalue weighted by atomic mass is 9.56. The summed E-state index contributed by atoms with van der Waals surface area (Å²) in [6.07, 6.45) is 8.75. The Hall–Kier alpha value is -0.640. The number of aromatic nitrogens is 2. The average molecular weight is 249 g/mol. The molecule has 4 heteroatoms. The molecule has 5 rings (SSSR count). The van der Waals surface area contributed by atoms with E-state index in [2.05, 4.69) is 10.2 Å². The topological polar surface area (TPSA) is 54.7 Å². The number of nitrogens with two attached hydrogens (primary N) is 1. The number of nitrogens with zero attached hydrogens (tertiary/aromatic N) is 1. The van der Waals surface area contributed by atoms with E-state index in [1.165, 1.54) is 38.5 Å². The van der Waals surface area contributed by atoms with E-state index in [0.717, 1.165) is 22.8 Å². The number of rotatable bonds is 2. The molecule has 0 saturated heterocycles. The summed E-state index contributed by atoms with van der Waals surface area (Å²) in [5.74, 6) is 3.71. The van der Waals surface area contributed by atoms with Gasteiger partial charge in [0.05, 0.1) is 0 Å². The number of hydrogen-bond acceptors (Lipinski definition) is 3. The standard InChI is InChI=1S/C13H19N3S/c14-11-4-12(16-15-11)17-13-5-8-1-9(6-13)3-10(2-8)7-13/h4,8-10H,1-3,5-7H2,(H3,14,15,16). The zero-order valence-corrected chi connectivity index (χ0v) is 10.8. The van der Waals surface area contributed by atoms with E-state index >= 15 is 0 Å². The third-order valence-electron chi connectivity index (χ3n) is 4.88. The second-order valence-corrected chi connectivity index (χ2v) is 7.85. The molecule has 0 amide bonds. The Labute approximate surface area is 106 Å². The molecule has 0 spiro atoms. The van der Waals surface area contributed by atoms with Gasteiger partial charge in [-0.1, -0.05) is 11.8 Å². The van der Waals surface area contributed by atoms with Crippen LogP contribution in [0, 0.1) is 17.8 Å². The van der Waals surface area contributed by atoms with Crippen LogP contribution in [0.25, 0.3) is 0 Å². The fourth-order valence-corrected chi connectivity index (χ4v) is 6.43. The van der Waals surface area contributed by atoms with Crippen molar-refractivity contribution in [3.8, 4) is 0 Å². The van der Waals surface area contributed by atoms with Crippen molar-refractivity contribution in [2.45, 2.75) is 48.3 Å². The van der Waals surface area contributed by atoms with E-state index in [-0.39, 0.29) is 0 Å². The summed E-state index contributed by atoms with van der Waals surface area (Å²) in [5, 5.41) is 8.26. The first-order valence-corrected chi connectivity index (χ1v) is 7.52. The molecule has 4 fully saturated rings. The van der Waals surface area contributed by atoms with Gasteiger partial charge in [-0.2, -0.15) is 5.10 Å². The van der Waals surface area contributed by atoms with Crippen LogP contribution in [0.4, 0.5) is 5.82 Å². The van der Waals surface area contributed by atoms with Gasteiger partial charge in [-0.25, -0.2) is 0 Å². The van der Waals surface area contributed by atoms with Crippen molar-refractivity contribution in [3.05, 3.63) is 6.07 Å². The zero-order valence-electron chi connectivity index (χ0n) is 9.98. The number of aromatic amines is 1. The molecular weight excluding hydrogens is 230 g/mol. The van der Waals surface area contributed by atoms with E-state index in [1.54, 1.807) is 0 Å². The highest BCUT2D eigenvalue weighted by Crippen LogP contribution is 2.61. The molecule has 1 heterocycles. The summed E-state index contributed by atoms with van der Waals surface area (Å²) >= 11 is 2.00. The second kappa shape index (κ2) is 3.44. The van der Waals surface area contributed by atoms with Crippen LogP contribution in [0.1, 0.15) is 38.5 Å². The lowest BCUT2D eigenvalue weighted by Crippen LogP contribution is -2.48. The molecule has 1 aromatic rings. The summed E-state index contributed by atoms with van der Waals surface area (Å²) in [6, 6.07) is 1.99. The molecule has 0 aliphatic heterocycles. The zero-order chi connectivity index (χ0) is 11.5. The third-order valence-corrected chi connectivity index (χ3v) is 6.23. The summed E-state index contributed by atoms with van der Waals surface area (Å²) in [5.41, 5.74) is 5.71. The van der Waals surface area contributed by atoms with Crippen molar-refractivity contribution < 1.29 is 0 Å². The SMILES string of the molecule is Nc1cc(SC23CC4CC(CC(C4)C2)C3)n[nH]1. The number of nitrogen functional groups attached to an aromatic ring is 1. The lowest BCUT2D eigenvalue weighted by molar-refractivity contribution is 0.0383. The number of hydrogen-bond donors (Lipinski definition) is 2. The highest BCUT2D eigenvalue weighted by atomic mass is 32.2. The second-order valence-electron chi connectivity index (χ2n) is 6.36. The lowest BCUT2D eigenvalue weighted by Gasteiger charge is -2.56. The Morgan fingerprint density at radius 2 is 1.76 bits per heavy atom. The van der Waals surface area contributed by atoms with Crippen molar-refractivity contribution in [3.63, 3.8) is 0 Å². The van der Waals surface area contributed by atoms with Gasteiger partial charge in [0, 0.05) is 10.8 Å². The van der Waals surface area contributed by atoms with Crippen molar-refractivity contribution >= 4 is 17.6 Å². The Kier molecular flexibility index (Phi) is 2.08. The first-order valence-electron chi connectivity index (χ1n) is 6.71. The molecule has 3 nitrogen and oxygen atoms in total. The fraction of sp³-hybridized carbons (Fsp3) is 0.769. The van der Waals surface area contributed by atoms with E-state index in [4.69, 9.17) is 5.73 Å². The molecule has 0 aromatic carbocycles. The highest BCUT2D eigenvalue weighted by molar-refractivity contribution is 8.00. The smallest absolute Gasteiger partial charge is 0.121 e. The monoisotopic (exact) mass is 249 g/mol. The largest absolute Gasteiger partial charge is 0.384 e. The highest BCUT2D eigenvalue weighted by Gasteiger charge is 2.51. The molecule has 4 saturated carbocycles. The van der Waals surface area contributed by atoms with Crippen LogP contribution >= 0.6 is 11.8 Å². The molecular formula is C13H19N3S. The molecule has 0 radical (unpaired) electrons. The van der Waals surface area contributed by atoms with Crippen molar-refractivity contribution in [1.29, 1.82) is 0 Å². The van der Waals surface area contributed by atoms with Gasteiger partial charge in [-0.3, -0.25) is 5.10 Å². The maximum absolute atomic E-state index is 5.71. The molecule has 1 aromatic heterocycles. The Morgan fingerprint density at radius 1 is 1.18 bits per heavy atom. The molecule has 92 valence electrons. The normalized spacial score (nSPS) is 43.2. The summed E-state index contributed by atoms with van der Waals surface area (Å²) in [7, 11) is 0. The third kappa shape index (κ3) is 1.68. The van der Waals surface area contributed by atoms with Gasteiger partial charge in [-0.05, 0) is 56.3 Å². The van der Waals surface area contributed by atoms with Crippen LogP contribution in [0.2, 0.25) is 0 Å². The number of thioether (sulfide) groups is 1. The minimum atomic E-state index is 0.496. The summed E-state index contributed by atoms with van der Waals surface area (Å²) in [4.78, 5) is 0.